The quantitative estimate of drug-likeness (QED) is 0.244. The van der Waals surface area contributed by atoms with Crippen molar-refractivity contribution in [3.63, 3.8) is 0 Å². The van der Waals surface area contributed by atoms with E-state index in [0.717, 1.165) is 4.47 Å². The molecule has 2 aromatic carbocycles. The fourth-order valence-corrected chi connectivity index (χ4v) is 2.30. The largest absolute Gasteiger partial charge is 0.425 e. The van der Waals surface area contributed by atoms with E-state index in [0.29, 0.717) is 11.3 Å². The van der Waals surface area contributed by atoms with Crippen molar-refractivity contribution < 1.29 is 19.2 Å². The molecule has 0 spiro atoms. The molecule has 2 aromatic rings. The third-order valence-electron chi connectivity index (χ3n) is 3.50. The number of hydrazone groups is 1. The minimum Gasteiger partial charge on any atom is -0.425 e. The van der Waals surface area contributed by atoms with Crippen molar-refractivity contribution in [2.24, 2.45) is 10.5 Å². The van der Waals surface area contributed by atoms with Gasteiger partial charge in [-0.1, -0.05) is 15.9 Å². The Kier molecular flexibility index (Phi) is 6.63. The summed E-state index contributed by atoms with van der Waals surface area (Å²) in [5.74, 6) is -0.634. The summed E-state index contributed by atoms with van der Waals surface area (Å²) >= 11 is 3.33. The number of ether oxygens (including phenoxy) is 1. The van der Waals surface area contributed by atoms with Crippen LogP contribution in [0.3, 0.4) is 0 Å². The molecular weight excluding hydrogens is 430 g/mol. The summed E-state index contributed by atoms with van der Waals surface area (Å²) in [5, 5.41) is 14.5. The van der Waals surface area contributed by atoms with Crippen LogP contribution in [0.15, 0.2) is 52.0 Å². The predicted octanol–water partition coefficient (Wildman–Crippen LogP) is 4.07. The molecule has 9 heteroatoms. The average molecular weight is 448 g/mol. The summed E-state index contributed by atoms with van der Waals surface area (Å²) in [6.07, 6.45) is 1.35. The summed E-state index contributed by atoms with van der Waals surface area (Å²) in [7, 11) is 0. The molecule has 0 unspecified atom stereocenters. The molecule has 1 N–H and O–H groups in total. The molecule has 0 atom stereocenters. The fraction of sp³-hybridized carbons (Fsp3) is 0.211. The van der Waals surface area contributed by atoms with Crippen LogP contribution in [0.1, 0.15) is 36.7 Å². The molecular formula is C19H18BrN3O5. The Balaban J connectivity index is 2.12. The van der Waals surface area contributed by atoms with E-state index in [-0.39, 0.29) is 11.3 Å². The average Bonchev–Trinajstić information content (AvgIpc) is 2.63. The zero-order valence-electron chi connectivity index (χ0n) is 15.4. The van der Waals surface area contributed by atoms with Crippen molar-refractivity contribution >= 4 is 39.7 Å². The topological polar surface area (TPSA) is 111 Å². The zero-order chi connectivity index (χ0) is 20.9. The van der Waals surface area contributed by atoms with Crippen LogP contribution in [-0.2, 0) is 4.79 Å². The number of amides is 1. The first-order valence-corrected chi connectivity index (χ1v) is 8.97. The monoisotopic (exact) mass is 447 g/mol. The van der Waals surface area contributed by atoms with Crippen LogP contribution in [0.2, 0.25) is 0 Å². The SMILES string of the molecule is CC(C)(C)C(=O)Oc1ccc(Br)cc1C=NNC(=O)c1ccc([N+](=O)[O-])cc1. The van der Waals surface area contributed by atoms with Crippen LogP contribution in [0.25, 0.3) is 0 Å². The molecule has 0 heterocycles. The van der Waals surface area contributed by atoms with Gasteiger partial charge in [-0.05, 0) is 51.1 Å². The van der Waals surface area contributed by atoms with Gasteiger partial charge in [-0.25, -0.2) is 5.43 Å². The number of nitro groups is 1. The molecule has 146 valence electrons. The molecule has 1 amide bonds. The first kappa shape index (κ1) is 21.2. The number of halogens is 1. The van der Waals surface area contributed by atoms with Crippen LogP contribution in [-0.4, -0.2) is 23.0 Å². The van der Waals surface area contributed by atoms with E-state index in [9.17, 15) is 19.7 Å². The second kappa shape index (κ2) is 8.75. The van der Waals surface area contributed by atoms with Gasteiger partial charge in [-0.2, -0.15) is 5.10 Å². The van der Waals surface area contributed by atoms with Crippen molar-refractivity contribution in [1.82, 2.24) is 5.43 Å². The lowest BCUT2D eigenvalue weighted by atomic mass is 9.97. The van der Waals surface area contributed by atoms with Crippen molar-refractivity contribution in [2.45, 2.75) is 20.8 Å². The number of esters is 1. The molecule has 0 aromatic heterocycles. The molecule has 0 radical (unpaired) electrons. The van der Waals surface area contributed by atoms with Crippen LogP contribution in [0.4, 0.5) is 5.69 Å². The van der Waals surface area contributed by atoms with Gasteiger partial charge in [0, 0.05) is 27.7 Å². The van der Waals surface area contributed by atoms with Gasteiger partial charge in [0.05, 0.1) is 16.6 Å². The highest BCUT2D eigenvalue weighted by atomic mass is 79.9. The molecule has 0 bridgehead atoms. The third-order valence-corrected chi connectivity index (χ3v) is 3.99. The van der Waals surface area contributed by atoms with Gasteiger partial charge in [-0.3, -0.25) is 19.7 Å². The van der Waals surface area contributed by atoms with Crippen LogP contribution in [0.5, 0.6) is 5.75 Å². The molecule has 0 fully saturated rings. The van der Waals surface area contributed by atoms with E-state index >= 15 is 0 Å². The van der Waals surface area contributed by atoms with E-state index in [4.69, 9.17) is 4.74 Å². The highest BCUT2D eigenvalue weighted by Gasteiger charge is 2.24. The van der Waals surface area contributed by atoms with Crippen molar-refractivity contribution in [1.29, 1.82) is 0 Å². The molecule has 0 aliphatic carbocycles. The van der Waals surface area contributed by atoms with E-state index in [1.807, 2.05) is 0 Å². The standard InChI is InChI=1S/C19H18BrN3O5/c1-19(2,3)18(25)28-16-9-6-14(20)10-13(16)11-21-22-17(24)12-4-7-15(8-5-12)23(26)27/h4-11H,1-3H3,(H,22,24). The van der Waals surface area contributed by atoms with Crippen LogP contribution >= 0.6 is 15.9 Å². The predicted molar refractivity (Wildman–Crippen MR) is 107 cm³/mol. The number of non-ortho nitro benzene ring substituents is 1. The first-order chi connectivity index (χ1) is 13.1. The lowest BCUT2D eigenvalue weighted by Crippen LogP contribution is -2.26. The zero-order valence-corrected chi connectivity index (χ0v) is 17.0. The number of nitro benzene ring substituents is 1. The number of benzene rings is 2. The summed E-state index contributed by atoms with van der Waals surface area (Å²) in [4.78, 5) is 34.3. The Morgan fingerprint density at radius 2 is 1.82 bits per heavy atom. The Hall–Kier alpha value is -3.07. The second-order valence-electron chi connectivity index (χ2n) is 6.82. The Morgan fingerprint density at radius 3 is 2.39 bits per heavy atom. The van der Waals surface area contributed by atoms with E-state index in [1.54, 1.807) is 39.0 Å². The highest BCUT2D eigenvalue weighted by molar-refractivity contribution is 9.10. The van der Waals surface area contributed by atoms with Crippen molar-refractivity contribution in [2.75, 3.05) is 0 Å². The summed E-state index contributed by atoms with van der Waals surface area (Å²) < 4.78 is 6.16. The van der Waals surface area contributed by atoms with Gasteiger partial charge < -0.3 is 4.74 Å². The Morgan fingerprint density at radius 1 is 1.18 bits per heavy atom. The van der Waals surface area contributed by atoms with E-state index in [1.165, 1.54) is 30.5 Å². The molecule has 0 aliphatic heterocycles. The lowest BCUT2D eigenvalue weighted by molar-refractivity contribution is -0.384. The maximum atomic E-state index is 12.1. The number of carbonyl (C=O) groups excluding carboxylic acids is 2. The summed E-state index contributed by atoms with van der Waals surface area (Å²) in [6, 6.07) is 10.2. The minimum atomic E-state index is -0.675. The van der Waals surface area contributed by atoms with Gasteiger partial charge in [0.2, 0.25) is 0 Å². The van der Waals surface area contributed by atoms with Gasteiger partial charge in [0.1, 0.15) is 5.75 Å². The van der Waals surface area contributed by atoms with Gasteiger partial charge in [0.25, 0.3) is 11.6 Å². The molecule has 2 rings (SSSR count). The Labute approximate surface area is 169 Å². The molecule has 28 heavy (non-hydrogen) atoms. The van der Waals surface area contributed by atoms with Gasteiger partial charge in [0.15, 0.2) is 0 Å². The fourth-order valence-electron chi connectivity index (χ4n) is 1.93. The second-order valence-corrected chi connectivity index (χ2v) is 7.74. The number of nitrogens with one attached hydrogen (secondary N) is 1. The molecule has 0 saturated heterocycles. The summed E-state index contributed by atoms with van der Waals surface area (Å²) in [6.45, 7) is 5.23. The number of carbonyl (C=O) groups is 2. The molecule has 8 nitrogen and oxygen atoms in total. The maximum Gasteiger partial charge on any atom is 0.316 e. The smallest absolute Gasteiger partial charge is 0.316 e. The first-order valence-electron chi connectivity index (χ1n) is 8.17. The number of nitrogens with zero attached hydrogens (tertiary/aromatic N) is 2. The van der Waals surface area contributed by atoms with Crippen molar-refractivity contribution in [3.05, 3.63) is 68.2 Å². The molecule has 0 aliphatic rings. The normalized spacial score (nSPS) is 11.3. The van der Waals surface area contributed by atoms with Crippen molar-refractivity contribution in [3.8, 4) is 5.75 Å². The Bertz CT molecular complexity index is 934. The van der Waals surface area contributed by atoms with Gasteiger partial charge >= 0.3 is 5.97 Å². The van der Waals surface area contributed by atoms with E-state index in [2.05, 4.69) is 26.5 Å². The van der Waals surface area contributed by atoms with E-state index < -0.39 is 22.2 Å². The molecule has 0 saturated carbocycles. The third kappa shape index (κ3) is 5.71. The number of rotatable bonds is 5. The number of hydrogen-bond acceptors (Lipinski definition) is 6. The highest BCUT2D eigenvalue weighted by Crippen LogP contribution is 2.25. The number of hydrogen-bond donors (Lipinski definition) is 1. The lowest BCUT2D eigenvalue weighted by Gasteiger charge is -2.17. The summed E-state index contributed by atoms with van der Waals surface area (Å²) in [5.41, 5.74) is 2.25. The maximum absolute atomic E-state index is 12.1. The van der Waals surface area contributed by atoms with Crippen LogP contribution < -0.4 is 10.2 Å². The minimum absolute atomic E-state index is 0.112. The van der Waals surface area contributed by atoms with Gasteiger partial charge in [-0.15, -0.1) is 0 Å². The van der Waals surface area contributed by atoms with Crippen LogP contribution in [0, 0.1) is 15.5 Å².